The SMILES string of the molecule is CC(=O)N1CCN(S(=O)(=O)c2cccc(C(=O)Nc3cccc(Cl)c3C)c2)CC1. The first-order valence-electron chi connectivity index (χ1n) is 9.12. The average Bonchev–Trinajstić information content (AvgIpc) is 2.71. The predicted octanol–water partition coefficient (Wildman–Crippen LogP) is 2.75. The standard InChI is InChI=1S/C20H22ClN3O4S/c1-14-18(21)7-4-8-19(14)22-20(26)16-5-3-6-17(13-16)29(27,28)24-11-9-23(10-12-24)15(2)25/h3-8,13H,9-12H2,1-2H3,(H,22,26). The van der Waals surface area contributed by atoms with E-state index in [-0.39, 0.29) is 29.5 Å². The van der Waals surface area contributed by atoms with Gasteiger partial charge in [-0.15, -0.1) is 0 Å². The van der Waals surface area contributed by atoms with Gasteiger partial charge in [0, 0.05) is 49.4 Å². The van der Waals surface area contributed by atoms with Gasteiger partial charge in [-0.25, -0.2) is 8.42 Å². The fraction of sp³-hybridized carbons (Fsp3) is 0.300. The topological polar surface area (TPSA) is 86.8 Å². The maximum atomic E-state index is 13.0. The normalized spacial score (nSPS) is 15.2. The molecule has 0 aromatic heterocycles. The Morgan fingerprint density at radius 1 is 1.03 bits per heavy atom. The van der Waals surface area contributed by atoms with Gasteiger partial charge in [-0.1, -0.05) is 23.7 Å². The van der Waals surface area contributed by atoms with Crippen LogP contribution in [0.25, 0.3) is 0 Å². The van der Waals surface area contributed by atoms with Gasteiger partial charge in [0.2, 0.25) is 15.9 Å². The second-order valence-electron chi connectivity index (χ2n) is 6.80. The third-order valence-electron chi connectivity index (χ3n) is 4.93. The lowest BCUT2D eigenvalue weighted by Crippen LogP contribution is -2.49. The molecule has 0 unspecified atom stereocenters. The van der Waals surface area contributed by atoms with E-state index in [1.54, 1.807) is 42.2 Å². The van der Waals surface area contributed by atoms with E-state index in [0.717, 1.165) is 5.56 Å². The molecule has 2 aromatic rings. The van der Waals surface area contributed by atoms with Crippen molar-refractivity contribution in [2.24, 2.45) is 0 Å². The van der Waals surface area contributed by atoms with Gasteiger partial charge in [-0.05, 0) is 42.8 Å². The number of hydrogen-bond donors (Lipinski definition) is 1. The van der Waals surface area contributed by atoms with Gasteiger partial charge in [0.05, 0.1) is 4.90 Å². The summed E-state index contributed by atoms with van der Waals surface area (Å²) in [7, 11) is -3.76. The van der Waals surface area contributed by atoms with E-state index in [1.165, 1.54) is 23.4 Å². The van der Waals surface area contributed by atoms with Crippen LogP contribution < -0.4 is 5.32 Å². The highest BCUT2D eigenvalue weighted by Crippen LogP contribution is 2.24. The molecule has 1 aliphatic heterocycles. The van der Waals surface area contributed by atoms with Crippen LogP contribution in [-0.4, -0.2) is 55.6 Å². The zero-order chi connectivity index (χ0) is 21.2. The molecule has 3 rings (SSSR count). The van der Waals surface area contributed by atoms with E-state index in [1.807, 2.05) is 0 Å². The Morgan fingerprint density at radius 3 is 2.34 bits per heavy atom. The number of benzene rings is 2. The van der Waals surface area contributed by atoms with Crippen LogP contribution >= 0.6 is 11.6 Å². The summed E-state index contributed by atoms with van der Waals surface area (Å²) in [6.07, 6.45) is 0. The van der Waals surface area contributed by atoms with E-state index in [9.17, 15) is 18.0 Å². The molecule has 1 N–H and O–H groups in total. The second kappa shape index (κ2) is 8.52. The van der Waals surface area contributed by atoms with Crippen molar-refractivity contribution < 1.29 is 18.0 Å². The molecule has 2 amide bonds. The molecule has 1 aliphatic rings. The third kappa shape index (κ3) is 4.60. The summed E-state index contributed by atoms with van der Waals surface area (Å²) < 4.78 is 27.3. The van der Waals surface area contributed by atoms with E-state index < -0.39 is 15.9 Å². The van der Waals surface area contributed by atoms with Crippen molar-refractivity contribution in [3.8, 4) is 0 Å². The number of nitrogens with zero attached hydrogens (tertiary/aromatic N) is 2. The highest BCUT2D eigenvalue weighted by Gasteiger charge is 2.29. The number of anilines is 1. The minimum Gasteiger partial charge on any atom is -0.340 e. The molecule has 1 heterocycles. The highest BCUT2D eigenvalue weighted by molar-refractivity contribution is 7.89. The zero-order valence-corrected chi connectivity index (χ0v) is 17.8. The monoisotopic (exact) mass is 435 g/mol. The van der Waals surface area contributed by atoms with Crippen molar-refractivity contribution in [2.45, 2.75) is 18.7 Å². The maximum absolute atomic E-state index is 13.0. The van der Waals surface area contributed by atoms with Crippen molar-refractivity contribution in [3.05, 3.63) is 58.6 Å². The fourth-order valence-corrected chi connectivity index (χ4v) is 4.77. The summed E-state index contributed by atoms with van der Waals surface area (Å²) in [5.41, 5.74) is 1.53. The number of amides is 2. The Labute approximate surface area is 175 Å². The van der Waals surface area contributed by atoms with Crippen molar-refractivity contribution in [2.75, 3.05) is 31.5 Å². The number of nitrogens with one attached hydrogen (secondary N) is 1. The molecule has 0 aliphatic carbocycles. The Hall–Kier alpha value is -2.42. The molecule has 0 atom stereocenters. The lowest BCUT2D eigenvalue weighted by atomic mass is 10.1. The summed E-state index contributed by atoms with van der Waals surface area (Å²) in [6, 6.07) is 11.1. The lowest BCUT2D eigenvalue weighted by molar-refractivity contribution is -0.129. The Morgan fingerprint density at radius 2 is 1.69 bits per heavy atom. The largest absolute Gasteiger partial charge is 0.340 e. The van der Waals surface area contributed by atoms with Gasteiger partial charge in [0.15, 0.2) is 0 Å². The molecule has 0 bridgehead atoms. The van der Waals surface area contributed by atoms with Gasteiger partial charge in [0.25, 0.3) is 5.91 Å². The summed E-state index contributed by atoms with van der Waals surface area (Å²) in [4.78, 5) is 25.7. The molecule has 1 fully saturated rings. The zero-order valence-electron chi connectivity index (χ0n) is 16.2. The third-order valence-corrected chi connectivity index (χ3v) is 7.24. The number of carbonyl (C=O) groups is 2. The smallest absolute Gasteiger partial charge is 0.255 e. The van der Waals surface area contributed by atoms with Crippen molar-refractivity contribution >= 4 is 39.1 Å². The first kappa shape index (κ1) is 21.3. The molecule has 154 valence electrons. The quantitative estimate of drug-likeness (QED) is 0.799. The number of halogens is 1. The highest BCUT2D eigenvalue weighted by atomic mass is 35.5. The Bertz CT molecular complexity index is 1050. The number of rotatable bonds is 4. The molecule has 7 nitrogen and oxygen atoms in total. The number of piperazine rings is 1. The molecule has 0 spiro atoms. The average molecular weight is 436 g/mol. The van der Waals surface area contributed by atoms with Crippen LogP contribution in [0, 0.1) is 6.92 Å². The van der Waals surface area contributed by atoms with Crippen LogP contribution in [0.3, 0.4) is 0 Å². The molecule has 2 aromatic carbocycles. The molecule has 0 radical (unpaired) electrons. The predicted molar refractivity (Wildman–Crippen MR) is 112 cm³/mol. The molecule has 1 saturated heterocycles. The fourth-order valence-electron chi connectivity index (χ4n) is 3.13. The molecule has 9 heteroatoms. The summed E-state index contributed by atoms with van der Waals surface area (Å²) in [5.74, 6) is -0.495. The van der Waals surface area contributed by atoms with E-state index >= 15 is 0 Å². The Kier molecular flexibility index (Phi) is 6.26. The second-order valence-corrected chi connectivity index (χ2v) is 9.15. The van der Waals surface area contributed by atoms with Crippen LogP contribution in [0.5, 0.6) is 0 Å². The number of carbonyl (C=O) groups excluding carboxylic acids is 2. The van der Waals surface area contributed by atoms with Gasteiger partial charge in [-0.3, -0.25) is 9.59 Å². The van der Waals surface area contributed by atoms with Crippen LogP contribution in [-0.2, 0) is 14.8 Å². The molecule has 29 heavy (non-hydrogen) atoms. The minimum atomic E-state index is -3.76. The number of hydrogen-bond acceptors (Lipinski definition) is 4. The van der Waals surface area contributed by atoms with Crippen LogP contribution in [0.1, 0.15) is 22.8 Å². The van der Waals surface area contributed by atoms with E-state index in [2.05, 4.69) is 5.32 Å². The van der Waals surface area contributed by atoms with Crippen molar-refractivity contribution in [3.63, 3.8) is 0 Å². The molecule has 0 saturated carbocycles. The van der Waals surface area contributed by atoms with E-state index in [0.29, 0.717) is 23.8 Å². The van der Waals surface area contributed by atoms with Crippen LogP contribution in [0.4, 0.5) is 5.69 Å². The summed E-state index contributed by atoms with van der Waals surface area (Å²) in [5, 5.41) is 3.30. The maximum Gasteiger partial charge on any atom is 0.255 e. The van der Waals surface area contributed by atoms with Crippen molar-refractivity contribution in [1.82, 2.24) is 9.21 Å². The van der Waals surface area contributed by atoms with Gasteiger partial charge in [0.1, 0.15) is 0 Å². The van der Waals surface area contributed by atoms with E-state index in [4.69, 9.17) is 11.6 Å². The summed E-state index contributed by atoms with van der Waals surface area (Å²) in [6.45, 7) is 4.40. The lowest BCUT2D eigenvalue weighted by Gasteiger charge is -2.33. The van der Waals surface area contributed by atoms with Gasteiger partial charge >= 0.3 is 0 Å². The Balaban J connectivity index is 1.79. The van der Waals surface area contributed by atoms with Crippen LogP contribution in [0.15, 0.2) is 47.4 Å². The minimum absolute atomic E-state index is 0.0456. The summed E-state index contributed by atoms with van der Waals surface area (Å²) >= 11 is 6.08. The molecular weight excluding hydrogens is 414 g/mol. The first-order valence-corrected chi connectivity index (χ1v) is 10.9. The van der Waals surface area contributed by atoms with Gasteiger partial charge in [-0.2, -0.15) is 4.31 Å². The number of sulfonamides is 1. The van der Waals surface area contributed by atoms with Crippen LogP contribution in [0.2, 0.25) is 5.02 Å². The first-order chi connectivity index (χ1) is 13.7. The molecular formula is C20H22ClN3O4S. The van der Waals surface area contributed by atoms with Gasteiger partial charge < -0.3 is 10.2 Å². The van der Waals surface area contributed by atoms with Crippen molar-refractivity contribution in [1.29, 1.82) is 0 Å².